The second kappa shape index (κ2) is 8.82. The largest absolute Gasteiger partial charge is 0.441 e. The highest BCUT2D eigenvalue weighted by atomic mass is 32.2. The molecule has 1 atom stereocenters. The summed E-state index contributed by atoms with van der Waals surface area (Å²) in [4.78, 5) is 8.94. The van der Waals surface area contributed by atoms with Crippen molar-refractivity contribution in [1.82, 2.24) is 9.97 Å². The summed E-state index contributed by atoms with van der Waals surface area (Å²) in [6.07, 6.45) is 2.97. The predicted octanol–water partition coefficient (Wildman–Crippen LogP) is 5.31. The molecular formula is C25H18N4O3S. The van der Waals surface area contributed by atoms with Crippen LogP contribution in [0.4, 0.5) is 11.4 Å². The molecule has 0 radical (unpaired) electrons. The summed E-state index contributed by atoms with van der Waals surface area (Å²) in [5.74, 6) is 0.579. The van der Waals surface area contributed by atoms with Crippen molar-refractivity contribution in [2.45, 2.75) is 12.8 Å². The zero-order valence-electron chi connectivity index (χ0n) is 17.4. The zero-order chi connectivity index (χ0) is 22.8. The van der Waals surface area contributed by atoms with E-state index in [0.717, 1.165) is 17.4 Å². The van der Waals surface area contributed by atoms with E-state index in [1.165, 1.54) is 4.31 Å². The summed E-state index contributed by atoms with van der Waals surface area (Å²) >= 11 is -2.32. The van der Waals surface area contributed by atoms with Crippen LogP contribution < -0.4 is 4.31 Å². The Labute approximate surface area is 192 Å². The van der Waals surface area contributed by atoms with Gasteiger partial charge in [0.2, 0.25) is 0 Å². The van der Waals surface area contributed by atoms with Gasteiger partial charge in [0, 0.05) is 24.1 Å². The molecule has 2 heterocycles. The van der Waals surface area contributed by atoms with E-state index in [4.69, 9.17) is 9.68 Å². The van der Waals surface area contributed by atoms with Crippen molar-refractivity contribution < 1.29 is 13.2 Å². The molecule has 5 aromatic rings. The third kappa shape index (κ3) is 4.20. The molecule has 3 aromatic carbocycles. The third-order valence-electron chi connectivity index (χ3n) is 5.35. The van der Waals surface area contributed by atoms with Gasteiger partial charge in [0.1, 0.15) is 5.52 Å². The van der Waals surface area contributed by atoms with Gasteiger partial charge in [-0.25, -0.2) is 13.5 Å². The predicted molar refractivity (Wildman–Crippen MR) is 127 cm³/mol. The lowest BCUT2D eigenvalue weighted by atomic mass is 10.1. The minimum Gasteiger partial charge on any atom is -0.441 e. The molecule has 1 N–H and O–H groups in total. The van der Waals surface area contributed by atoms with E-state index >= 15 is 0 Å². The number of nitrogens with zero attached hydrogens (tertiary/aromatic N) is 4. The molecule has 0 saturated carbocycles. The molecule has 7 nitrogen and oxygen atoms in total. The number of pyridine rings is 1. The average molecular weight is 455 g/mol. The van der Waals surface area contributed by atoms with Crippen LogP contribution in [0, 0.1) is 11.3 Å². The maximum atomic E-state index is 12.3. The number of aromatic nitrogens is 2. The van der Waals surface area contributed by atoms with E-state index in [1.54, 1.807) is 42.6 Å². The van der Waals surface area contributed by atoms with Gasteiger partial charge in [0.25, 0.3) is 11.3 Å². The molecule has 162 valence electrons. The van der Waals surface area contributed by atoms with Crippen LogP contribution in [0.3, 0.4) is 0 Å². The minimum absolute atomic E-state index is 0.497. The number of rotatable bonds is 6. The lowest BCUT2D eigenvalue weighted by Crippen LogP contribution is -2.19. The molecule has 0 bridgehead atoms. The van der Waals surface area contributed by atoms with Gasteiger partial charge in [-0.15, -0.1) is 0 Å². The average Bonchev–Trinajstić information content (AvgIpc) is 3.25. The van der Waals surface area contributed by atoms with Crippen LogP contribution in [0.5, 0.6) is 0 Å². The summed E-state index contributed by atoms with van der Waals surface area (Å²) in [5, 5.41) is 9.79. The van der Waals surface area contributed by atoms with Gasteiger partial charge in [0.15, 0.2) is 11.5 Å². The van der Waals surface area contributed by atoms with Crippen molar-refractivity contribution >= 4 is 44.6 Å². The molecule has 8 heteroatoms. The molecule has 0 spiro atoms. The summed E-state index contributed by atoms with van der Waals surface area (Å²) in [5.41, 5.74) is 4.56. The lowest BCUT2D eigenvalue weighted by molar-refractivity contribution is 0.528. The summed E-state index contributed by atoms with van der Waals surface area (Å²) in [6.45, 7) is 0. The second-order valence-corrected chi connectivity index (χ2v) is 8.27. The molecule has 33 heavy (non-hydrogen) atoms. The van der Waals surface area contributed by atoms with Gasteiger partial charge < -0.3 is 4.42 Å². The fourth-order valence-corrected chi connectivity index (χ4v) is 4.37. The number of oxazole rings is 1. The number of benzene rings is 3. The number of para-hydroxylation sites is 1. The fraction of sp³-hybridized carbons (Fsp3) is 0.0800. The summed E-state index contributed by atoms with van der Waals surface area (Å²) in [7, 11) is 0. The Morgan fingerprint density at radius 2 is 1.85 bits per heavy atom. The molecule has 0 fully saturated rings. The van der Waals surface area contributed by atoms with Crippen molar-refractivity contribution in [3.05, 3.63) is 96.0 Å². The molecule has 0 aliphatic carbocycles. The smallest absolute Gasteiger partial charge is 0.266 e. The van der Waals surface area contributed by atoms with Gasteiger partial charge in [-0.05, 0) is 48.4 Å². The Morgan fingerprint density at radius 3 is 2.64 bits per heavy atom. The van der Waals surface area contributed by atoms with Gasteiger partial charge in [0.05, 0.1) is 28.5 Å². The molecule has 2 aromatic heterocycles. The van der Waals surface area contributed by atoms with Crippen molar-refractivity contribution in [2.24, 2.45) is 0 Å². The Morgan fingerprint density at radius 1 is 1.03 bits per heavy atom. The second-order valence-electron chi connectivity index (χ2n) is 7.45. The third-order valence-corrected chi connectivity index (χ3v) is 6.07. The molecule has 0 saturated heterocycles. The standard InChI is InChI=1S/C25H18N4O3S/c26-16-18-8-6-17(7-9-18)10-13-24-28-21-12-11-20(15-23(21)32-24)29(33(30)31)22-5-1-3-19-4-2-14-27-25(19)22/h1-9,11-12,14-15H,10,13H2,(H,30,31). The Balaban J connectivity index is 1.45. The van der Waals surface area contributed by atoms with Crippen LogP contribution >= 0.6 is 0 Å². The Hall–Kier alpha value is -4.06. The van der Waals surface area contributed by atoms with Crippen molar-refractivity contribution in [2.75, 3.05) is 4.31 Å². The van der Waals surface area contributed by atoms with E-state index in [1.807, 2.05) is 36.4 Å². The lowest BCUT2D eigenvalue weighted by Gasteiger charge is -2.21. The number of aryl methyl sites for hydroxylation is 2. The number of hydrogen-bond donors (Lipinski definition) is 1. The topological polar surface area (TPSA) is 103 Å². The van der Waals surface area contributed by atoms with E-state index < -0.39 is 11.3 Å². The number of nitriles is 1. The first-order valence-electron chi connectivity index (χ1n) is 10.3. The first-order chi connectivity index (χ1) is 16.1. The Bertz CT molecular complexity index is 1520. The molecule has 0 amide bonds. The van der Waals surface area contributed by atoms with Gasteiger partial charge in [-0.2, -0.15) is 5.26 Å². The molecule has 1 unspecified atom stereocenters. The first kappa shape index (κ1) is 20.8. The van der Waals surface area contributed by atoms with Crippen molar-refractivity contribution in [3.8, 4) is 6.07 Å². The van der Waals surface area contributed by atoms with Crippen molar-refractivity contribution in [1.29, 1.82) is 5.26 Å². The van der Waals surface area contributed by atoms with Gasteiger partial charge >= 0.3 is 0 Å². The van der Waals surface area contributed by atoms with E-state index in [2.05, 4.69) is 16.0 Å². The fourth-order valence-electron chi connectivity index (χ4n) is 3.76. The quantitative estimate of drug-likeness (QED) is 0.349. The van der Waals surface area contributed by atoms with Gasteiger partial charge in [-0.3, -0.25) is 9.54 Å². The first-order valence-corrected chi connectivity index (χ1v) is 11.3. The van der Waals surface area contributed by atoms with Crippen LogP contribution in [-0.4, -0.2) is 18.7 Å². The van der Waals surface area contributed by atoms with Crippen LogP contribution in [-0.2, 0) is 24.1 Å². The maximum Gasteiger partial charge on any atom is 0.266 e. The normalized spacial score (nSPS) is 12.0. The highest BCUT2D eigenvalue weighted by molar-refractivity contribution is 7.81. The molecular weight excluding hydrogens is 436 g/mol. The number of hydrogen-bond acceptors (Lipinski definition) is 5. The Kier molecular flexibility index (Phi) is 5.57. The highest BCUT2D eigenvalue weighted by Crippen LogP contribution is 2.34. The van der Waals surface area contributed by atoms with Crippen LogP contribution in [0.1, 0.15) is 17.0 Å². The highest BCUT2D eigenvalue weighted by Gasteiger charge is 2.20. The summed E-state index contributed by atoms with van der Waals surface area (Å²) < 4.78 is 29.7. The minimum atomic E-state index is -2.32. The monoisotopic (exact) mass is 454 g/mol. The van der Waals surface area contributed by atoms with Crippen LogP contribution in [0.25, 0.3) is 22.0 Å². The van der Waals surface area contributed by atoms with Crippen molar-refractivity contribution in [3.63, 3.8) is 0 Å². The zero-order valence-corrected chi connectivity index (χ0v) is 18.2. The molecule has 5 rings (SSSR count). The summed E-state index contributed by atoms with van der Waals surface area (Å²) in [6, 6.07) is 24.0. The molecule has 0 aliphatic rings. The van der Waals surface area contributed by atoms with Crippen LogP contribution in [0.2, 0.25) is 0 Å². The SMILES string of the molecule is N#Cc1ccc(CCc2nc3ccc(N(c4cccc5cccnc45)S(=O)O)cc3o2)cc1. The van der Waals surface area contributed by atoms with E-state index in [9.17, 15) is 8.76 Å². The van der Waals surface area contributed by atoms with E-state index in [0.29, 0.717) is 45.9 Å². The molecule has 0 aliphatic heterocycles. The number of anilines is 2. The van der Waals surface area contributed by atoms with Crippen LogP contribution in [0.15, 0.2) is 83.4 Å². The number of fused-ring (bicyclic) bond motifs is 2. The van der Waals surface area contributed by atoms with E-state index in [-0.39, 0.29) is 0 Å². The van der Waals surface area contributed by atoms with Gasteiger partial charge in [-0.1, -0.05) is 30.3 Å². The maximum absolute atomic E-state index is 12.3.